The van der Waals surface area contributed by atoms with Gasteiger partial charge in [-0.3, -0.25) is 24.4 Å². The molecule has 5 atom stereocenters. The van der Waals surface area contributed by atoms with Crippen LogP contribution >= 0.6 is 11.3 Å². The van der Waals surface area contributed by atoms with Crippen LogP contribution in [-0.2, 0) is 29.1 Å². The van der Waals surface area contributed by atoms with Crippen LogP contribution in [0.1, 0.15) is 51.4 Å². The molecule has 3 saturated carbocycles. The smallest absolute Gasteiger partial charge is 0.411 e. The number of sulfonamides is 1. The first kappa shape index (κ1) is 34.3. The molecule has 3 N–H and O–H groups in total. The summed E-state index contributed by atoms with van der Waals surface area (Å²) >= 11 is 1.43. The Morgan fingerprint density at radius 1 is 1.13 bits per heavy atom. The summed E-state index contributed by atoms with van der Waals surface area (Å²) < 4.78 is 33.0. The largest absolute Gasteiger partial charge is 0.446 e. The topological polar surface area (TPSA) is 164 Å². The van der Waals surface area contributed by atoms with Crippen molar-refractivity contribution in [1.29, 1.82) is 0 Å². The molecule has 0 spiro atoms. The van der Waals surface area contributed by atoms with E-state index in [2.05, 4.69) is 33.5 Å². The number of amides is 4. The van der Waals surface area contributed by atoms with Gasteiger partial charge in [0.1, 0.15) is 16.7 Å². The average Bonchev–Trinajstić information content (AvgIpc) is 3.92. The standard InChI is InChI=1S/C33H41N5O7S2/c1-4-6-7-10-16-38(3)30(40)26-19-22(45-32(42)35-27-12-9-8-11-24(27)29-34-15-17-46-29)18-25(26)28(39)36-33(20-21(33)5-2)31(41)37-47(43,44)23-13-14-23/h4-5,8-9,11-12,15,17,21-23,25-26H,1-2,6-7,10,13-14,16,18-20H2,3H3,(H,35,42)(H,36,39)(H,37,41)/t21-,22-,25-,26-,33-/m1/s1. The summed E-state index contributed by atoms with van der Waals surface area (Å²) in [5, 5.41) is 7.49. The van der Waals surface area contributed by atoms with Crippen LogP contribution in [0.3, 0.4) is 0 Å². The Morgan fingerprint density at radius 2 is 1.87 bits per heavy atom. The molecule has 3 aliphatic carbocycles. The summed E-state index contributed by atoms with van der Waals surface area (Å²) in [6, 6.07) is 7.18. The summed E-state index contributed by atoms with van der Waals surface area (Å²) in [4.78, 5) is 59.9. The molecule has 0 saturated heterocycles. The summed E-state index contributed by atoms with van der Waals surface area (Å²) in [6.45, 7) is 7.94. The maximum Gasteiger partial charge on any atom is 0.411 e. The lowest BCUT2D eigenvalue weighted by Crippen LogP contribution is -2.54. The van der Waals surface area contributed by atoms with E-state index in [9.17, 15) is 27.6 Å². The molecule has 12 nitrogen and oxygen atoms in total. The van der Waals surface area contributed by atoms with Gasteiger partial charge in [0, 0.05) is 36.7 Å². The molecular weight excluding hydrogens is 643 g/mol. The van der Waals surface area contributed by atoms with Gasteiger partial charge >= 0.3 is 6.09 Å². The number of nitrogens with zero attached hydrogens (tertiary/aromatic N) is 2. The van der Waals surface area contributed by atoms with Crippen molar-refractivity contribution in [2.75, 3.05) is 18.9 Å². The highest BCUT2D eigenvalue weighted by Gasteiger charge is 2.62. The maximum atomic E-state index is 13.9. The van der Waals surface area contributed by atoms with E-state index < -0.39 is 62.6 Å². The number of aromatic nitrogens is 1. The molecule has 47 heavy (non-hydrogen) atoms. The van der Waals surface area contributed by atoms with Crippen molar-refractivity contribution in [1.82, 2.24) is 19.9 Å². The Hall–Kier alpha value is -4.04. The maximum absolute atomic E-state index is 13.9. The third-order valence-electron chi connectivity index (χ3n) is 9.05. The first-order valence-electron chi connectivity index (χ1n) is 15.8. The van der Waals surface area contributed by atoms with Crippen molar-refractivity contribution in [3.8, 4) is 10.6 Å². The van der Waals surface area contributed by atoms with Gasteiger partial charge < -0.3 is 15.0 Å². The monoisotopic (exact) mass is 683 g/mol. The molecule has 1 aromatic heterocycles. The Balaban J connectivity index is 1.30. The zero-order chi connectivity index (χ0) is 33.8. The van der Waals surface area contributed by atoms with E-state index in [1.54, 1.807) is 30.3 Å². The van der Waals surface area contributed by atoms with Gasteiger partial charge in [0.25, 0.3) is 5.91 Å². The second kappa shape index (κ2) is 14.4. The van der Waals surface area contributed by atoms with Crippen LogP contribution in [0.4, 0.5) is 10.5 Å². The Labute approximate surface area is 279 Å². The van der Waals surface area contributed by atoms with Gasteiger partial charge in [0.05, 0.1) is 22.8 Å². The van der Waals surface area contributed by atoms with E-state index in [-0.39, 0.29) is 25.2 Å². The molecule has 2 aromatic rings. The van der Waals surface area contributed by atoms with Crippen LogP contribution in [0.5, 0.6) is 0 Å². The Morgan fingerprint density at radius 3 is 2.53 bits per heavy atom. The molecule has 14 heteroatoms. The number of hydrogen-bond acceptors (Lipinski definition) is 9. The van der Waals surface area contributed by atoms with Gasteiger partial charge in [-0.2, -0.15) is 0 Å². The van der Waals surface area contributed by atoms with Crippen LogP contribution in [0.2, 0.25) is 0 Å². The molecule has 5 rings (SSSR count). The summed E-state index contributed by atoms with van der Waals surface area (Å²) in [6.07, 6.45) is 7.21. The summed E-state index contributed by atoms with van der Waals surface area (Å²) in [5.74, 6) is -3.87. The van der Waals surface area contributed by atoms with Crippen molar-refractivity contribution in [2.45, 2.75) is 68.3 Å². The SMILES string of the molecule is C=CCCCCN(C)C(=O)[C@@H]1C[C@H](OC(=O)Nc2ccccc2-c2nccs2)C[C@H]1C(=O)N[C@]1(C(=O)NS(=O)(=O)C2CC2)C[C@H]1C=C. The lowest BCUT2D eigenvalue weighted by Gasteiger charge is -2.26. The third-order valence-corrected chi connectivity index (χ3v) is 11.7. The lowest BCUT2D eigenvalue weighted by molar-refractivity contribution is -0.140. The number of ether oxygens (including phenoxy) is 1. The molecular formula is C33H41N5O7S2. The lowest BCUT2D eigenvalue weighted by atomic mass is 9.93. The number of allylic oxidation sites excluding steroid dienone is 1. The molecule has 3 fully saturated rings. The molecule has 0 bridgehead atoms. The van der Waals surface area contributed by atoms with Crippen molar-refractivity contribution in [3.05, 3.63) is 61.2 Å². The summed E-state index contributed by atoms with van der Waals surface area (Å²) in [7, 11) is -2.18. The van der Waals surface area contributed by atoms with Crippen LogP contribution < -0.4 is 15.4 Å². The van der Waals surface area contributed by atoms with Crippen molar-refractivity contribution in [3.63, 3.8) is 0 Å². The van der Waals surface area contributed by atoms with Gasteiger partial charge in [-0.15, -0.1) is 24.5 Å². The predicted molar refractivity (Wildman–Crippen MR) is 179 cm³/mol. The number of carbonyl (C=O) groups is 4. The fourth-order valence-electron chi connectivity index (χ4n) is 6.14. The molecule has 252 valence electrons. The molecule has 3 aliphatic rings. The quantitative estimate of drug-likeness (QED) is 0.185. The molecule has 0 radical (unpaired) electrons. The molecule has 1 aromatic carbocycles. The minimum absolute atomic E-state index is 0.0465. The second-order valence-corrected chi connectivity index (χ2v) is 15.3. The molecule has 0 unspecified atom stereocenters. The number of hydrogen-bond donors (Lipinski definition) is 3. The number of unbranched alkanes of at least 4 members (excludes halogenated alkanes) is 2. The van der Waals surface area contributed by atoms with E-state index >= 15 is 0 Å². The van der Waals surface area contributed by atoms with Gasteiger partial charge in [-0.05, 0) is 63.5 Å². The number of nitrogens with one attached hydrogen (secondary N) is 3. The highest BCUT2D eigenvalue weighted by molar-refractivity contribution is 7.91. The van der Waals surface area contributed by atoms with E-state index in [4.69, 9.17) is 4.74 Å². The van der Waals surface area contributed by atoms with Crippen molar-refractivity contribution >= 4 is 50.9 Å². The van der Waals surface area contributed by atoms with Gasteiger partial charge in [0.15, 0.2) is 0 Å². The predicted octanol–water partition coefficient (Wildman–Crippen LogP) is 4.24. The number of para-hydroxylation sites is 1. The van der Waals surface area contributed by atoms with Crippen LogP contribution in [0.25, 0.3) is 10.6 Å². The van der Waals surface area contributed by atoms with Gasteiger partial charge in [-0.25, -0.2) is 18.2 Å². The first-order chi connectivity index (χ1) is 22.5. The van der Waals surface area contributed by atoms with E-state index in [0.29, 0.717) is 25.1 Å². The second-order valence-electron chi connectivity index (χ2n) is 12.4. The van der Waals surface area contributed by atoms with Crippen LogP contribution in [0.15, 0.2) is 61.2 Å². The number of thiazole rings is 1. The molecule has 1 heterocycles. The highest BCUT2D eigenvalue weighted by Crippen LogP contribution is 2.46. The van der Waals surface area contributed by atoms with Gasteiger partial charge in [-0.1, -0.05) is 24.3 Å². The highest BCUT2D eigenvalue weighted by atomic mass is 32.2. The molecule has 4 amide bonds. The third kappa shape index (κ3) is 7.92. The van der Waals surface area contributed by atoms with Crippen LogP contribution in [0, 0.1) is 17.8 Å². The van der Waals surface area contributed by atoms with Crippen molar-refractivity contribution in [2.24, 2.45) is 17.8 Å². The van der Waals surface area contributed by atoms with E-state index in [1.165, 1.54) is 17.4 Å². The Kier molecular flexibility index (Phi) is 10.5. The summed E-state index contributed by atoms with van der Waals surface area (Å²) in [5.41, 5.74) is -0.256. The normalized spacial score (nSPS) is 24.9. The van der Waals surface area contributed by atoms with Crippen LogP contribution in [-0.4, -0.2) is 72.6 Å². The number of benzene rings is 1. The minimum atomic E-state index is -3.85. The van der Waals surface area contributed by atoms with E-state index in [1.807, 2.05) is 23.6 Å². The Bertz CT molecular complexity index is 1630. The zero-order valence-electron chi connectivity index (χ0n) is 26.4. The molecule has 0 aliphatic heterocycles. The fourth-order valence-corrected chi connectivity index (χ4v) is 8.18. The fraction of sp³-hybridized carbons (Fsp3) is 0.485. The zero-order valence-corrected chi connectivity index (χ0v) is 28.0. The average molecular weight is 684 g/mol. The number of rotatable bonds is 15. The minimum Gasteiger partial charge on any atom is -0.446 e. The number of anilines is 1. The van der Waals surface area contributed by atoms with Crippen molar-refractivity contribution < 1.29 is 32.3 Å². The first-order valence-corrected chi connectivity index (χ1v) is 18.2. The number of carbonyl (C=O) groups excluding carboxylic acids is 4. The van der Waals surface area contributed by atoms with E-state index in [0.717, 1.165) is 29.8 Å². The van der Waals surface area contributed by atoms with Gasteiger partial charge in [0.2, 0.25) is 21.8 Å².